The van der Waals surface area contributed by atoms with Gasteiger partial charge in [-0.15, -0.1) is 12.8 Å². The first-order valence-corrected chi connectivity index (χ1v) is 11.3. The first-order chi connectivity index (χ1) is 15.4. The maximum atomic E-state index is 11.7. The molecule has 180 valence electrons. The first-order valence-electron chi connectivity index (χ1n) is 11.3. The molecule has 1 aliphatic rings. The third-order valence-electron chi connectivity index (χ3n) is 4.23. The van der Waals surface area contributed by atoms with Crippen LogP contribution in [0.25, 0.3) is 0 Å². The number of benzene rings is 1. The Morgan fingerprint density at radius 2 is 1.75 bits per heavy atom. The molecule has 1 heterocycles. The molecule has 1 aliphatic heterocycles. The Bertz CT molecular complexity index is 618. The van der Waals surface area contributed by atoms with Gasteiger partial charge in [-0.25, -0.2) is 0 Å². The summed E-state index contributed by atoms with van der Waals surface area (Å²) in [5.74, 6) is 0.300. The molecule has 2 N–H and O–H groups in total. The van der Waals surface area contributed by atoms with Crippen LogP contribution in [0.1, 0.15) is 47.5 Å². The fraction of sp³-hybridized carbons (Fsp3) is 0.538. The molecule has 1 aromatic carbocycles. The Balaban J connectivity index is 0. The van der Waals surface area contributed by atoms with Crippen LogP contribution in [0, 0.1) is 18.3 Å². The standard InChI is InChI=1S/C12H16N2O.C10H20N2O.C2H6.C2H2/c1-2-13-9-6-10-14(11-15)12-7-4-3-5-8-12;1-10(2,3)8-9(13)12-6-4-11-5-7-12;2*1-2/h2-5,7-8,11,13H,1,6,9-10H2;11H,4-8H2,1-3H3;1-2H3;1-2H. The number of piperazine rings is 1. The highest BCUT2D eigenvalue weighted by Crippen LogP contribution is 2.19. The van der Waals surface area contributed by atoms with E-state index in [1.54, 1.807) is 11.1 Å². The first kappa shape index (κ1) is 31.4. The van der Waals surface area contributed by atoms with Crippen LogP contribution < -0.4 is 15.5 Å². The summed E-state index contributed by atoms with van der Waals surface area (Å²) in [6.45, 7) is 19.0. The average molecular weight is 445 g/mol. The van der Waals surface area contributed by atoms with Crippen LogP contribution in [0.5, 0.6) is 0 Å². The van der Waals surface area contributed by atoms with Crippen LogP contribution in [0.2, 0.25) is 0 Å². The molecule has 2 rings (SSSR count). The third kappa shape index (κ3) is 16.0. The van der Waals surface area contributed by atoms with Gasteiger partial charge in [0.1, 0.15) is 0 Å². The molecule has 1 aromatic rings. The zero-order valence-electron chi connectivity index (χ0n) is 20.8. The summed E-state index contributed by atoms with van der Waals surface area (Å²) in [6.07, 6.45) is 12.1. The minimum atomic E-state index is 0.113. The van der Waals surface area contributed by atoms with Crippen molar-refractivity contribution in [2.24, 2.45) is 5.41 Å². The Kier molecular flexibility index (Phi) is 19.8. The van der Waals surface area contributed by atoms with Gasteiger partial charge in [0.15, 0.2) is 0 Å². The zero-order valence-corrected chi connectivity index (χ0v) is 20.8. The third-order valence-corrected chi connectivity index (χ3v) is 4.23. The maximum absolute atomic E-state index is 11.7. The summed E-state index contributed by atoms with van der Waals surface area (Å²) in [6, 6.07) is 9.64. The van der Waals surface area contributed by atoms with Crippen molar-refractivity contribution < 1.29 is 9.59 Å². The average Bonchev–Trinajstić information content (AvgIpc) is 2.82. The van der Waals surface area contributed by atoms with Crippen molar-refractivity contribution in [2.75, 3.05) is 44.2 Å². The lowest BCUT2D eigenvalue weighted by molar-refractivity contribution is -0.133. The van der Waals surface area contributed by atoms with Crippen molar-refractivity contribution in [3.63, 3.8) is 0 Å². The molecule has 1 fully saturated rings. The molecule has 0 saturated carbocycles. The molecule has 0 unspecified atom stereocenters. The van der Waals surface area contributed by atoms with E-state index in [0.717, 1.165) is 51.2 Å². The number of hydrogen-bond acceptors (Lipinski definition) is 4. The van der Waals surface area contributed by atoms with E-state index >= 15 is 0 Å². The summed E-state index contributed by atoms with van der Waals surface area (Å²) in [5.41, 5.74) is 1.05. The zero-order chi connectivity index (χ0) is 24.8. The van der Waals surface area contributed by atoms with E-state index in [-0.39, 0.29) is 5.41 Å². The van der Waals surface area contributed by atoms with Gasteiger partial charge in [-0.2, -0.15) is 0 Å². The van der Waals surface area contributed by atoms with Crippen LogP contribution in [0.4, 0.5) is 5.69 Å². The van der Waals surface area contributed by atoms with Crippen LogP contribution in [-0.2, 0) is 9.59 Å². The largest absolute Gasteiger partial charge is 0.391 e. The van der Waals surface area contributed by atoms with Gasteiger partial charge in [0.2, 0.25) is 12.3 Å². The molecule has 0 bridgehead atoms. The quantitative estimate of drug-likeness (QED) is 0.363. The van der Waals surface area contributed by atoms with Crippen molar-refractivity contribution >= 4 is 18.0 Å². The molecule has 0 radical (unpaired) electrons. The van der Waals surface area contributed by atoms with E-state index in [4.69, 9.17) is 0 Å². The van der Waals surface area contributed by atoms with E-state index in [2.05, 4.69) is 50.8 Å². The van der Waals surface area contributed by atoms with Crippen molar-refractivity contribution in [2.45, 2.75) is 47.5 Å². The summed E-state index contributed by atoms with van der Waals surface area (Å²) < 4.78 is 0. The maximum Gasteiger partial charge on any atom is 0.223 e. The van der Waals surface area contributed by atoms with E-state index in [0.29, 0.717) is 18.9 Å². The van der Waals surface area contributed by atoms with E-state index < -0.39 is 0 Å². The topological polar surface area (TPSA) is 64.7 Å². The molecule has 6 nitrogen and oxygen atoms in total. The van der Waals surface area contributed by atoms with E-state index in [9.17, 15) is 9.59 Å². The van der Waals surface area contributed by atoms with Crippen LogP contribution in [0.3, 0.4) is 0 Å². The Morgan fingerprint density at radius 3 is 2.22 bits per heavy atom. The molecule has 0 atom stereocenters. The second kappa shape index (κ2) is 20.1. The lowest BCUT2D eigenvalue weighted by Crippen LogP contribution is -2.47. The lowest BCUT2D eigenvalue weighted by atomic mass is 9.91. The number of carbonyl (C=O) groups is 2. The number of terminal acetylenes is 1. The Labute approximate surface area is 196 Å². The highest BCUT2D eigenvalue weighted by atomic mass is 16.2. The SMILES string of the molecule is C#C.C=CNCCCN(C=O)c1ccccc1.CC.CC(C)(C)CC(=O)N1CCNCC1. The van der Waals surface area contributed by atoms with Crippen LogP contribution in [0.15, 0.2) is 43.1 Å². The Hall–Kier alpha value is -2.78. The summed E-state index contributed by atoms with van der Waals surface area (Å²) >= 11 is 0. The molecule has 0 aromatic heterocycles. The molecule has 0 spiro atoms. The smallest absolute Gasteiger partial charge is 0.223 e. The highest BCUT2D eigenvalue weighted by molar-refractivity contribution is 5.77. The van der Waals surface area contributed by atoms with Gasteiger partial charge in [-0.05, 0) is 30.2 Å². The Morgan fingerprint density at radius 1 is 1.19 bits per heavy atom. The second-order valence-electron chi connectivity index (χ2n) is 8.01. The molecule has 6 heteroatoms. The van der Waals surface area contributed by atoms with Crippen LogP contribution >= 0.6 is 0 Å². The molecular weight excluding hydrogens is 400 g/mol. The fourth-order valence-corrected chi connectivity index (χ4v) is 2.80. The van der Waals surface area contributed by atoms with Crippen LogP contribution in [-0.4, -0.2) is 56.5 Å². The summed E-state index contributed by atoms with van der Waals surface area (Å²) in [5, 5.41) is 6.24. The second-order valence-corrected chi connectivity index (χ2v) is 8.01. The van der Waals surface area contributed by atoms with E-state index in [1.165, 1.54) is 0 Å². The number of hydrogen-bond donors (Lipinski definition) is 2. The summed E-state index contributed by atoms with van der Waals surface area (Å²) in [7, 11) is 0. The minimum absolute atomic E-state index is 0.113. The monoisotopic (exact) mass is 444 g/mol. The number of nitrogens with zero attached hydrogens (tertiary/aromatic N) is 2. The number of anilines is 1. The fourth-order valence-electron chi connectivity index (χ4n) is 2.80. The van der Waals surface area contributed by atoms with Gasteiger partial charge < -0.3 is 20.4 Å². The number of rotatable bonds is 8. The normalized spacial score (nSPS) is 12.3. The minimum Gasteiger partial charge on any atom is -0.391 e. The van der Waals surface area contributed by atoms with Crippen molar-refractivity contribution in [3.05, 3.63) is 43.1 Å². The van der Waals surface area contributed by atoms with E-state index in [1.807, 2.05) is 49.1 Å². The van der Waals surface area contributed by atoms with Gasteiger partial charge in [0.05, 0.1) is 0 Å². The predicted octanol–water partition coefficient (Wildman–Crippen LogP) is 3.90. The number of nitrogens with one attached hydrogen (secondary N) is 2. The van der Waals surface area contributed by atoms with Gasteiger partial charge in [0, 0.05) is 51.4 Å². The molecule has 1 saturated heterocycles. The number of amides is 2. The summed E-state index contributed by atoms with van der Waals surface area (Å²) in [4.78, 5) is 26.2. The van der Waals surface area contributed by atoms with Gasteiger partial charge >= 0.3 is 0 Å². The van der Waals surface area contributed by atoms with Gasteiger partial charge in [-0.3, -0.25) is 9.59 Å². The molecular formula is C26H44N4O2. The number of carbonyl (C=O) groups excluding carboxylic acids is 2. The highest BCUT2D eigenvalue weighted by Gasteiger charge is 2.21. The number of para-hydroxylation sites is 1. The van der Waals surface area contributed by atoms with Crippen molar-refractivity contribution in [3.8, 4) is 12.8 Å². The molecule has 0 aliphatic carbocycles. The van der Waals surface area contributed by atoms with Crippen molar-refractivity contribution in [1.29, 1.82) is 0 Å². The molecule has 32 heavy (non-hydrogen) atoms. The van der Waals surface area contributed by atoms with Gasteiger partial charge in [-0.1, -0.05) is 59.4 Å². The van der Waals surface area contributed by atoms with Crippen molar-refractivity contribution in [1.82, 2.24) is 15.5 Å². The lowest BCUT2D eigenvalue weighted by Gasteiger charge is -2.30. The predicted molar refractivity (Wildman–Crippen MR) is 137 cm³/mol. The van der Waals surface area contributed by atoms with Gasteiger partial charge in [0.25, 0.3) is 0 Å². The molecule has 2 amide bonds.